The van der Waals surface area contributed by atoms with Crippen LogP contribution in [-0.4, -0.2) is 10.9 Å². The predicted molar refractivity (Wildman–Crippen MR) is 83.7 cm³/mol. The maximum absolute atomic E-state index is 12.0. The maximum atomic E-state index is 12.0. The lowest BCUT2D eigenvalue weighted by Gasteiger charge is -1.97. The van der Waals surface area contributed by atoms with Crippen molar-refractivity contribution in [2.45, 2.75) is 6.92 Å². The molecule has 0 aliphatic rings. The number of hydrogen-bond acceptors (Lipinski definition) is 4. The van der Waals surface area contributed by atoms with Gasteiger partial charge in [-0.1, -0.05) is 22.9 Å². The Bertz CT molecular complexity index is 812. The normalized spacial score (nSPS) is 10.9. The molecule has 0 saturated heterocycles. The predicted octanol–water partition coefficient (Wildman–Crippen LogP) is 4.87. The van der Waals surface area contributed by atoms with E-state index in [1.165, 1.54) is 11.3 Å². The van der Waals surface area contributed by atoms with Crippen molar-refractivity contribution in [3.8, 4) is 0 Å². The second-order valence-electron chi connectivity index (χ2n) is 4.10. The molecule has 0 bridgehead atoms. The van der Waals surface area contributed by atoms with Gasteiger partial charge in [0.25, 0.3) is 5.91 Å². The number of nitrogens with one attached hydrogen (secondary N) is 1. The summed E-state index contributed by atoms with van der Waals surface area (Å²) in [6.45, 7) is 1.90. The molecular weight excluding hydrogens is 364 g/mol. The van der Waals surface area contributed by atoms with Crippen LogP contribution in [0.4, 0.5) is 5.13 Å². The second-order valence-corrected chi connectivity index (χ2v) is 6.32. The molecule has 0 fully saturated rings. The van der Waals surface area contributed by atoms with Gasteiger partial charge in [-0.05, 0) is 52.7 Å². The first-order chi connectivity index (χ1) is 9.54. The van der Waals surface area contributed by atoms with Gasteiger partial charge in [0.1, 0.15) is 0 Å². The van der Waals surface area contributed by atoms with Crippen LogP contribution in [0.25, 0.3) is 10.2 Å². The Balaban J connectivity index is 1.92. The van der Waals surface area contributed by atoms with Gasteiger partial charge >= 0.3 is 0 Å². The number of anilines is 1. The fraction of sp³-hybridized carbons (Fsp3) is 0.0769. The summed E-state index contributed by atoms with van der Waals surface area (Å²) in [4.78, 5) is 16.4. The van der Waals surface area contributed by atoms with Crippen molar-refractivity contribution in [3.63, 3.8) is 0 Å². The number of amides is 1. The van der Waals surface area contributed by atoms with Gasteiger partial charge in [0.15, 0.2) is 15.6 Å². The summed E-state index contributed by atoms with van der Waals surface area (Å²) in [6, 6.07) is 6.97. The van der Waals surface area contributed by atoms with E-state index in [4.69, 9.17) is 16.0 Å². The number of carbonyl (C=O) groups excluding carboxylic acids is 1. The van der Waals surface area contributed by atoms with Crippen molar-refractivity contribution in [3.05, 3.63) is 45.3 Å². The molecular formula is C13H8BrClN2O2S. The molecule has 0 spiro atoms. The second kappa shape index (κ2) is 5.20. The lowest BCUT2D eigenvalue weighted by molar-refractivity contribution is 0.0995. The number of aryl methyl sites for hydroxylation is 1. The summed E-state index contributed by atoms with van der Waals surface area (Å²) in [5.41, 5.74) is 1.71. The van der Waals surface area contributed by atoms with Crippen molar-refractivity contribution in [1.82, 2.24) is 4.98 Å². The first-order valence-corrected chi connectivity index (χ1v) is 7.65. The molecule has 0 atom stereocenters. The third-order valence-corrected chi connectivity index (χ3v) is 4.54. The molecule has 3 rings (SSSR count). The van der Waals surface area contributed by atoms with Crippen molar-refractivity contribution < 1.29 is 9.21 Å². The molecule has 0 aliphatic heterocycles. The average Bonchev–Trinajstić information content (AvgIpc) is 3.00. The zero-order valence-corrected chi connectivity index (χ0v) is 13.4. The van der Waals surface area contributed by atoms with Crippen LogP contribution in [0.15, 0.2) is 33.4 Å². The summed E-state index contributed by atoms with van der Waals surface area (Å²) >= 11 is 10.6. The number of aromatic nitrogens is 1. The largest absolute Gasteiger partial charge is 0.444 e. The average molecular weight is 372 g/mol. The number of halogens is 2. The Hall–Kier alpha value is -1.37. The lowest BCUT2D eigenvalue weighted by atomic mass is 10.2. The van der Waals surface area contributed by atoms with Gasteiger partial charge in [-0.15, -0.1) is 0 Å². The number of hydrogen-bond donors (Lipinski definition) is 1. The van der Waals surface area contributed by atoms with Crippen molar-refractivity contribution >= 4 is 60.1 Å². The minimum Gasteiger partial charge on any atom is -0.444 e. The highest BCUT2D eigenvalue weighted by atomic mass is 79.9. The zero-order valence-electron chi connectivity index (χ0n) is 10.2. The SMILES string of the molecule is Cc1c(Cl)ccc2sc(NC(=O)c3ccc(Br)o3)nc12. The fourth-order valence-corrected chi connectivity index (χ4v) is 3.13. The van der Waals surface area contributed by atoms with E-state index in [1.54, 1.807) is 12.1 Å². The highest BCUT2D eigenvalue weighted by molar-refractivity contribution is 9.10. The topological polar surface area (TPSA) is 55.1 Å². The van der Waals surface area contributed by atoms with Crippen molar-refractivity contribution in [2.24, 2.45) is 0 Å². The van der Waals surface area contributed by atoms with Crippen LogP contribution in [0.3, 0.4) is 0 Å². The highest BCUT2D eigenvalue weighted by Crippen LogP contribution is 2.31. The number of nitrogens with zero attached hydrogens (tertiary/aromatic N) is 1. The van der Waals surface area contributed by atoms with Gasteiger partial charge in [-0.25, -0.2) is 4.98 Å². The van der Waals surface area contributed by atoms with Crippen molar-refractivity contribution in [2.75, 3.05) is 5.32 Å². The monoisotopic (exact) mass is 370 g/mol. The molecule has 20 heavy (non-hydrogen) atoms. The van der Waals surface area contributed by atoms with E-state index in [9.17, 15) is 4.79 Å². The van der Waals surface area contributed by atoms with Crippen LogP contribution in [0, 0.1) is 6.92 Å². The van der Waals surface area contributed by atoms with E-state index >= 15 is 0 Å². The van der Waals surface area contributed by atoms with Crippen LogP contribution in [0.1, 0.15) is 16.1 Å². The molecule has 7 heteroatoms. The Morgan fingerprint density at radius 3 is 2.90 bits per heavy atom. The number of fused-ring (bicyclic) bond motifs is 1. The van der Waals surface area contributed by atoms with Gasteiger partial charge in [0, 0.05) is 5.02 Å². The lowest BCUT2D eigenvalue weighted by Crippen LogP contribution is -2.10. The number of rotatable bonds is 2. The third-order valence-electron chi connectivity index (χ3n) is 2.77. The molecule has 0 aliphatic carbocycles. The molecule has 4 nitrogen and oxygen atoms in total. The minimum absolute atomic E-state index is 0.228. The van der Waals surface area contributed by atoms with E-state index in [0.717, 1.165) is 15.8 Å². The zero-order chi connectivity index (χ0) is 14.3. The molecule has 2 aromatic heterocycles. The Kier molecular flexibility index (Phi) is 3.54. The summed E-state index contributed by atoms with van der Waals surface area (Å²) in [5.74, 6) is -0.107. The first kappa shape index (κ1) is 13.6. The number of thiazole rings is 1. The molecule has 0 saturated carbocycles. The summed E-state index contributed by atoms with van der Waals surface area (Å²) in [7, 11) is 0. The van der Waals surface area contributed by atoms with E-state index in [1.807, 2.05) is 19.1 Å². The molecule has 1 amide bonds. The van der Waals surface area contributed by atoms with Gasteiger partial charge in [-0.3, -0.25) is 10.1 Å². The van der Waals surface area contributed by atoms with Gasteiger partial charge in [0.2, 0.25) is 0 Å². The molecule has 1 aromatic carbocycles. The van der Waals surface area contributed by atoms with Crippen LogP contribution in [0.2, 0.25) is 5.02 Å². The smallest absolute Gasteiger partial charge is 0.293 e. The fourth-order valence-electron chi connectivity index (χ4n) is 1.75. The van der Waals surface area contributed by atoms with Crippen LogP contribution < -0.4 is 5.32 Å². The molecule has 1 N–H and O–H groups in total. The molecule has 0 unspecified atom stereocenters. The summed E-state index contributed by atoms with van der Waals surface area (Å²) < 4.78 is 6.68. The van der Waals surface area contributed by atoms with E-state index in [-0.39, 0.29) is 11.7 Å². The molecule has 0 radical (unpaired) electrons. The van der Waals surface area contributed by atoms with Crippen LogP contribution in [-0.2, 0) is 0 Å². The van der Waals surface area contributed by atoms with E-state index in [2.05, 4.69) is 26.2 Å². The first-order valence-electron chi connectivity index (χ1n) is 5.67. The maximum Gasteiger partial charge on any atom is 0.293 e. The minimum atomic E-state index is -0.335. The molecule has 2 heterocycles. The molecule has 3 aromatic rings. The molecule has 102 valence electrons. The van der Waals surface area contributed by atoms with Crippen molar-refractivity contribution in [1.29, 1.82) is 0 Å². The summed E-state index contributed by atoms with van der Waals surface area (Å²) in [5, 5.41) is 3.90. The highest BCUT2D eigenvalue weighted by Gasteiger charge is 2.14. The number of benzene rings is 1. The van der Waals surface area contributed by atoms with Gasteiger partial charge in [-0.2, -0.15) is 0 Å². The van der Waals surface area contributed by atoms with Crippen LogP contribution in [0.5, 0.6) is 0 Å². The Morgan fingerprint density at radius 2 is 2.20 bits per heavy atom. The number of carbonyl (C=O) groups is 1. The number of furan rings is 1. The van der Waals surface area contributed by atoms with Crippen LogP contribution >= 0.6 is 38.9 Å². The third kappa shape index (κ3) is 2.46. The van der Waals surface area contributed by atoms with E-state index < -0.39 is 0 Å². The summed E-state index contributed by atoms with van der Waals surface area (Å²) in [6.07, 6.45) is 0. The van der Waals surface area contributed by atoms with Gasteiger partial charge in [0.05, 0.1) is 10.2 Å². The van der Waals surface area contributed by atoms with Gasteiger partial charge < -0.3 is 4.42 Å². The Labute approximate surface area is 131 Å². The standard InChI is InChI=1S/C13H8BrClN2O2S/c1-6-7(15)2-4-9-11(6)16-13(20-9)17-12(18)8-3-5-10(14)19-8/h2-5H,1H3,(H,16,17,18). The Morgan fingerprint density at radius 1 is 1.40 bits per heavy atom. The van der Waals surface area contributed by atoms with E-state index in [0.29, 0.717) is 14.8 Å². The quantitative estimate of drug-likeness (QED) is 0.699.